The first-order valence-electron chi connectivity index (χ1n) is 7.38. The Bertz CT molecular complexity index is 552. The first-order chi connectivity index (χ1) is 10.5. The first kappa shape index (κ1) is 17.2. The van der Waals surface area contributed by atoms with Gasteiger partial charge < -0.3 is 14.2 Å². The lowest BCUT2D eigenvalue weighted by Crippen LogP contribution is -2.40. The molecule has 6 nitrogen and oxygen atoms in total. The largest absolute Gasteiger partial charge is 0.491 e. The van der Waals surface area contributed by atoms with Gasteiger partial charge in [-0.1, -0.05) is 0 Å². The molecule has 1 saturated heterocycles. The Hall–Kier alpha value is -1.15. The summed E-state index contributed by atoms with van der Waals surface area (Å²) in [6.45, 7) is 3.44. The quantitative estimate of drug-likeness (QED) is 0.733. The average Bonchev–Trinajstić information content (AvgIpc) is 3.02. The Morgan fingerprint density at radius 2 is 2.05 bits per heavy atom. The van der Waals surface area contributed by atoms with Crippen molar-refractivity contribution in [3.63, 3.8) is 0 Å². The Morgan fingerprint density at radius 3 is 2.64 bits per heavy atom. The molecule has 0 saturated carbocycles. The highest BCUT2D eigenvalue weighted by atomic mass is 32.2. The lowest BCUT2D eigenvalue weighted by molar-refractivity contribution is 0.0902. The maximum atomic E-state index is 12.3. The number of methoxy groups -OCH3 is 1. The fraction of sp³-hybridized carbons (Fsp3) is 0.600. The van der Waals surface area contributed by atoms with Crippen molar-refractivity contribution in [2.75, 3.05) is 26.9 Å². The maximum Gasteiger partial charge on any atom is 0.240 e. The number of rotatable bonds is 8. The van der Waals surface area contributed by atoms with Crippen LogP contribution in [0.4, 0.5) is 0 Å². The van der Waals surface area contributed by atoms with Gasteiger partial charge in [-0.2, -0.15) is 0 Å². The van der Waals surface area contributed by atoms with Crippen LogP contribution in [0.1, 0.15) is 19.8 Å². The molecule has 1 aromatic carbocycles. The second kappa shape index (κ2) is 7.92. The minimum atomic E-state index is -3.55. The molecule has 1 aliphatic heterocycles. The smallest absolute Gasteiger partial charge is 0.240 e. The number of hydrogen-bond donors (Lipinski definition) is 1. The van der Waals surface area contributed by atoms with Crippen molar-refractivity contribution in [3.8, 4) is 5.75 Å². The number of sulfonamides is 1. The van der Waals surface area contributed by atoms with E-state index in [4.69, 9.17) is 14.2 Å². The van der Waals surface area contributed by atoms with E-state index >= 15 is 0 Å². The van der Waals surface area contributed by atoms with Crippen LogP contribution >= 0.6 is 0 Å². The topological polar surface area (TPSA) is 73.9 Å². The van der Waals surface area contributed by atoms with Gasteiger partial charge in [0.2, 0.25) is 10.0 Å². The second-order valence-corrected chi connectivity index (χ2v) is 6.99. The van der Waals surface area contributed by atoms with Crippen molar-refractivity contribution in [2.24, 2.45) is 0 Å². The summed E-state index contributed by atoms with van der Waals surface area (Å²) in [6.07, 6.45) is 1.81. The second-order valence-electron chi connectivity index (χ2n) is 5.27. The molecule has 1 aromatic rings. The van der Waals surface area contributed by atoms with Crippen LogP contribution in [0.5, 0.6) is 5.75 Å². The zero-order valence-electron chi connectivity index (χ0n) is 12.9. The Balaban J connectivity index is 1.96. The van der Waals surface area contributed by atoms with Crippen LogP contribution < -0.4 is 9.46 Å². The Kier molecular flexibility index (Phi) is 6.19. The van der Waals surface area contributed by atoms with Crippen molar-refractivity contribution in [3.05, 3.63) is 24.3 Å². The summed E-state index contributed by atoms with van der Waals surface area (Å²) >= 11 is 0. The molecule has 0 amide bonds. The summed E-state index contributed by atoms with van der Waals surface area (Å²) in [6, 6.07) is 6.10. The summed E-state index contributed by atoms with van der Waals surface area (Å²) in [7, 11) is -1.95. The molecule has 0 aliphatic carbocycles. The maximum absolute atomic E-state index is 12.3. The van der Waals surface area contributed by atoms with Crippen LogP contribution in [-0.4, -0.2) is 47.5 Å². The van der Waals surface area contributed by atoms with E-state index in [0.29, 0.717) is 25.6 Å². The van der Waals surface area contributed by atoms with Crippen LogP contribution in [0.3, 0.4) is 0 Å². The van der Waals surface area contributed by atoms with Gasteiger partial charge in [0.15, 0.2) is 0 Å². The van der Waals surface area contributed by atoms with E-state index in [0.717, 1.165) is 12.8 Å². The molecule has 22 heavy (non-hydrogen) atoms. The minimum absolute atomic E-state index is 0.0496. The lowest BCUT2D eigenvalue weighted by atomic mass is 10.1. The van der Waals surface area contributed by atoms with E-state index < -0.39 is 10.0 Å². The molecule has 0 bridgehead atoms. The van der Waals surface area contributed by atoms with Crippen LogP contribution in [0, 0.1) is 0 Å². The predicted molar refractivity (Wildman–Crippen MR) is 82.6 cm³/mol. The highest BCUT2D eigenvalue weighted by Crippen LogP contribution is 2.19. The fourth-order valence-electron chi connectivity index (χ4n) is 2.34. The third-order valence-electron chi connectivity index (χ3n) is 3.55. The number of nitrogens with one attached hydrogen (secondary N) is 1. The third-order valence-corrected chi connectivity index (χ3v) is 5.13. The van der Waals surface area contributed by atoms with Crippen molar-refractivity contribution in [1.29, 1.82) is 0 Å². The zero-order chi connectivity index (χ0) is 16.0. The van der Waals surface area contributed by atoms with Crippen molar-refractivity contribution >= 4 is 10.0 Å². The molecule has 2 atom stereocenters. The molecule has 7 heteroatoms. The van der Waals surface area contributed by atoms with E-state index in [-0.39, 0.29) is 17.0 Å². The molecular weight excluding hydrogens is 306 g/mol. The summed E-state index contributed by atoms with van der Waals surface area (Å²) < 4.78 is 43.2. The predicted octanol–water partition coefficient (Wildman–Crippen LogP) is 1.56. The van der Waals surface area contributed by atoms with E-state index in [1.165, 1.54) is 12.1 Å². The number of ether oxygens (including phenoxy) is 3. The van der Waals surface area contributed by atoms with Gasteiger partial charge in [0.1, 0.15) is 12.4 Å². The number of hydrogen-bond acceptors (Lipinski definition) is 5. The van der Waals surface area contributed by atoms with E-state index in [1.807, 2.05) is 6.92 Å². The van der Waals surface area contributed by atoms with E-state index in [9.17, 15) is 8.42 Å². The molecule has 2 rings (SSSR count). The van der Waals surface area contributed by atoms with Gasteiger partial charge in [-0.25, -0.2) is 13.1 Å². The standard InChI is InChI=1S/C15H23NO5S/c1-12(15-4-3-9-21-15)16-22(17,18)14-7-5-13(6-8-14)20-11-10-19-2/h5-8,12,15-16H,3-4,9-11H2,1-2H3/t12-,15+/m0/s1. The van der Waals surface area contributed by atoms with Crippen LogP contribution in [-0.2, 0) is 19.5 Å². The Morgan fingerprint density at radius 1 is 1.32 bits per heavy atom. The van der Waals surface area contributed by atoms with Gasteiger partial charge in [0.25, 0.3) is 0 Å². The molecule has 0 radical (unpaired) electrons. The van der Waals surface area contributed by atoms with Gasteiger partial charge >= 0.3 is 0 Å². The van der Waals surface area contributed by atoms with Gasteiger partial charge in [-0.3, -0.25) is 0 Å². The van der Waals surface area contributed by atoms with Crippen molar-refractivity contribution in [2.45, 2.75) is 36.8 Å². The highest BCUT2D eigenvalue weighted by Gasteiger charge is 2.26. The average molecular weight is 329 g/mol. The van der Waals surface area contributed by atoms with Crippen LogP contribution in [0.2, 0.25) is 0 Å². The SMILES string of the molecule is COCCOc1ccc(S(=O)(=O)N[C@@H](C)[C@H]2CCCO2)cc1. The lowest BCUT2D eigenvalue weighted by Gasteiger charge is -2.20. The number of benzene rings is 1. The Labute approximate surface area is 131 Å². The molecule has 0 spiro atoms. The molecule has 1 fully saturated rings. The monoisotopic (exact) mass is 329 g/mol. The molecule has 1 heterocycles. The van der Waals surface area contributed by atoms with Crippen molar-refractivity contribution < 1.29 is 22.6 Å². The van der Waals surface area contributed by atoms with E-state index in [2.05, 4.69) is 4.72 Å². The van der Waals surface area contributed by atoms with Gasteiger partial charge in [-0.15, -0.1) is 0 Å². The molecule has 1 aliphatic rings. The van der Waals surface area contributed by atoms with Crippen molar-refractivity contribution in [1.82, 2.24) is 4.72 Å². The zero-order valence-corrected chi connectivity index (χ0v) is 13.8. The molecule has 0 aromatic heterocycles. The first-order valence-corrected chi connectivity index (χ1v) is 8.87. The van der Waals surface area contributed by atoms with Crippen LogP contribution in [0.25, 0.3) is 0 Å². The molecule has 0 unspecified atom stereocenters. The molecule has 1 N–H and O–H groups in total. The summed E-state index contributed by atoms with van der Waals surface area (Å²) in [5.41, 5.74) is 0. The normalized spacial score (nSPS) is 20.0. The van der Waals surface area contributed by atoms with Gasteiger partial charge in [0.05, 0.1) is 17.6 Å². The fourth-order valence-corrected chi connectivity index (χ4v) is 3.62. The van der Waals surface area contributed by atoms with Gasteiger partial charge in [0, 0.05) is 19.8 Å². The highest BCUT2D eigenvalue weighted by molar-refractivity contribution is 7.89. The van der Waals surface area contributed by atoms with E-state index in [1.54, 1.807) is 19.2 Å². The van der Waals surface area contributed by atoms with Crippen LogP contribution in [0.15, 0.2) is 29.2 Å². The summed E-state index contributed by atoms with van der Waals surface area (Å²) in [5.74, 6) is 0.614. The minimum Gasteiger partial charge on any atom is -0.491 e. The molecule has 124 valence electrons. The summed E-state index contributed by atoms with van der Waals surface area (Å²) in [4.78, 5) is 0.219. The third kappa shape index (κ3) is 4.67. The summed E-state index contributed by atoms with van der Waals surface area (Å²) in [5, 5.41) is 0. The molecular formula is C15H23NO5S. The van der Waals surface area contributed by atoms with Gasteiger partial charge in [-0.05, 0) is 44.0 Å².